The number of aromatic nitrogens is 7. The maximum atomic E-state index is 13.6. The Balaban J connectivity index is 1.36. The average Bonchev–Trinajstić information content (AvgIpc) is 3.65. The predicted molar refractivity (Wildman–Crippen MR) is 137 cm³/mol. The van der Waals surface area contributed by atoms with Crippen molar-refractivity contribution < 1.29 is 22.6 Å². The number of rotatable bonds is 6. The van der Waals surface area contributed by atoms with Crippen LogP contribution in [-0.2, 0) is 18.0 Å². The largest absolute Gasteiger partial charge is 0.450 e. The second-order valence-electron chi connectivity index (χ2n) is 8.88. The van der Waals surface area contributed by atoms with Crippen molar-refractivity contribution in [1.29, 1.82) is 0 Å². The van der Waals surface area contributed by atoms with E-state index in [9.17, 15) is 13.2 Å². The van der Waals surface area contributed by atoms with Gasteiger partial charge in [-0.05, 0) is 18.6 Å². The number of imidazole rings is 1. The highest BCUT2D eigenvalue weighted by Crippen LogP contribution is 2.38. The normalized spacial score (nSPS) is 15.8. The number of nitrogens with zero attached hydrogens (tertiary/aromatic N) is 7. The van der Waals surface area contributed by atoms with Gasteiger partial charge in [0.1, 0.15) is 16.2 Å². The molecule has 0 saturated carbocycles. The smallest absolute Gasteiger partial charge is 0.433 e. The summed E-state index contributed by atoms with van der Waals surface area (Å²) in [5.41, 5.74) is 0.802. The Morgan fingerprint density at radius 1 is 1.13 bits per heavy atom. The minimum absolute atomic E-state index is 0.184. The molecule has 0 radical (unpaired) electrons. The summed E-state index contributed by atoms with van der Waals surface area (Å²) >= 11 is 6.72. The number of fused-ring (bicyclic) bond motifs is 2. The topological polar surface area (TPSA) is 116 Å². The maximum Gasteiger partial charge on any atom is 0.433 e. The van der Waals surface area contributed by atoms with E-state index in [1.807, 2.05) is 0 Å². The van der Waals surface area contributed by atoms with Crippen molar-refractivity contribution in [3.63, 3.8) is 0 Å². The van der Waals surface area contributed by atoms with Crippen LogP contribution < -0.4 is 15.4 Å². The molecule has 5 aromatic rings. The first-order valence-corrected chi connectivity index (χ1v) is 12.2. The predicted octanol–water partition coefficient (Wildman–Crippen LogP) is 5.16. The van der Waals surface area contributed by atoms with Crippen molar-refractivity contribution in [1.82, 2.24) is 34.1 Å². The summed E-state index contributed by atoms with van der Waals surface area (Å²) in [6.45, 7) is 0.799. The van der Waals surface area contributed by atoms with Gasteiger partial charge in [0.25, 0.3) is 0 Å². The summed E-state index contributed by atoms with van der Waals surface area (Å²) in [7, 11) is 3.40. The Morgan fingerprint density at radius 2 is 1.97 bits per heavy atom. The first kappa shape index (κ1) is 25.1. The van der Waals surface area contributed by atoms with E-state index in [1.54, 1.807) is 41.6 Å². The fourth-order valence-corrected chi connectivity index (χ4v) is 4.76. The number of ether oxygens (including phenoxy) is 2. The maximum absolute atomic E-state index is 13.6. The van der Waals surface area contributed by atoms with Crippen LogP contribution in [0.5, 0.6) is 11.5 Å². The highest BCUT2D eigenvalue weighted by Gasteiger charge is 2.34. The molecule has 6 rings (SSSR count). The second kappa shape index (κ2) is 9.54. The summed E-state index contributed by atoms with van der Waals surface area (Å²) in [5.74, 6) is 1.22. The number of hydrogen-bond acceptors (Lipinski definition) is 9. The molecule has 6 heterocycles. The van der Waals surface area contributed by atoms with Gasteiger partial charge < -0.3 is 24.7 Å². The second-order valence-corrected chi connectivity index (χ2v) is 9.26. The van der Waals surface area contributed by atoms with Crippen LogP contribution in [-0.4, -0.2) is 54.4 Å². The number of alkyl halides is 3. The molecule has 1 fully saturated rings. The Labute approximate surface area is 224 Å². The van der Waals surface area contributed by atoms with Crippen molar-refractivity contribution in [3.05, 3.63) is 53.3 Å². The Kier molecular flexibility index (Phi) is 6.14. The molecule has 0 aliphatic carbocycles. The fourth-order valence-electron chi connectivity index (χ4n) is 4.46. The molecule has 15 heteroatoms. The molecule has 0 spiro atoms. The molecule has 0 amide bonds. The van der Waals surface area contributed by atoms with E-state index in [-0.39, 0.29) is 34.0 Å². The summed E-state index contributed by atoms with van der Waals surface area (Å²) in [4.78, 5) is 16.9. The van der Waals surface area contributed by atoms with Gasteiger partial charge in [-0.2, -0.15) is 23.3 Å². The monoisotopic (exact) mass is 559 g/mol. The van der Waals surface area contributed by atoms with Gasteiger partial charge >= 0.3 is 6.18 Å². The summed E-state index contributed by atoms with van der Waals surface area (Å²) < 4.78 is 55.5. The van der Waals surface area contributed by atoms with Gasteiger partial charge in [0.2, 0.25) is 5.95 Å². The minimum Gasteiger partial charge on any atom is -0.450 e. The Bertz CT molecular complexity index is 1700. The third-order valence-corrected chi connectivity index (χ3v) is 6.76. The Morgan fingerprint density at radius 3 is 2.72 bits per heavy atom. The average molecular weight is 560 g/mol. The van der Waals surface area contributed by atoms with Crippen molar-refractivity contribution >= 4 is 45.7 Å². The third-order valence-electron chi connectivity index (χ3n) is 6.40. The van der Waals surface area contributed by atoms with Crippen LogP contribution in [0.2, 0.25) is 5.02 Å². The van der Waals surface area contributed by atoms with Gasteiger partial charge in [0.15, 0.2) is 28.5 Å². The van der Waals surface area contributed by atoms with Gasteiger partial charge in [0.05, 0.1) is 19.0 Å². The highest BCUT2D eigenvalue weighted by atomic mass is 35.5. The van der Waals surface area contributed by atoms with E-state index in [1.165, 1.54) is 12.4 Å². The van der Waals surface area contributed by atoms with E-state index >= 15 is 0 Å². The van der Waals surface area contributed by atoms with Gasteiger partial charge in [0, 0.05) is 50.4 Å². The molecular formula is C24H21ClF3N9O2. The van der Waals surface area contributed by atoms with Crippen LogP contribution in [0.4, 0.5) is 30.6 Å². The first-order valence-electron chi connectivity index (χ1n) is 11.9. The molecule has 1 aliphatic heterocycles. The van der Waals surface area contributed by atoms with E-state index in [0.717, 1.165) is 6.07 Å². The van der Waals surface area contributed by atoms with Crippen LogP contribution >= 0.6 is 11.6 Å². The zero-order chi connectivity index (χ0) is 27.3. The summed E-state index contributed by atoms with van der Waals surface area (Å²) in [5, 5.41) is 10.4. The molecule has 1 aliphatic rings. The summed E-state index contributed by atoms with van der Waals surface area (Å²) in [6, 6.07) is 2.52. The number of hydrogen-bond donors (Lipinski definition) is 2. The van der Waals surface area contributed by atoms with Gasteiger partial charge in [-0.25, -0.2) is 19.5 Å². The SMILES string of the molecule is CNc1nccn2ncc(Oc3cnc4nc(Nc5cc(C6CCOC6)nc(C(F)(F)F)c5)n(C)c4c3Cl)c12. The van der Waals surface area contributed by atoms with Crippen LogP contribution in [0.1, 0.15) is 23.7 Å². The van der Waals surface area contributed by atoms with Crippen LogP contribution in [0.25, 0.3) is 16.7 Å². The van der Waals surface area contributed by atoms with Gasteiger partial charge in [-0.1, -0.05) is 11.6 Å². The van der Waals surface area contributed by atoms with Crippen molar-refractivity contribution in [3.8, 4) is 11.5 Å². The molecule has 0 aromatic carbocycles. The number of pyridine rings is 2. The van der Waals surface area contributed by atoms with E-state index in [4.69, 9.17) is 21.1 Å². The van der Waals surface area contributed by atoms with E-state index in [0.29, 0.717) is 47.9 Å². The Hall–Kier alpha value is -4.17. The fraction of sp³-hybridized carbons (Fsp3) is 0.292. The number of anilines is 3. The standard InChI is InChI=1S/C24H21ClF3N9O2/c1-29-21-19-16(10-32-37(19)5-4-30-21)39-15-9-31-22-20(18(15)25)36(2)23(35-22)33-13-7-14(12-3-6-38-11-12)34-17(8-13)24(26,27)28/h4-5,7-10,12H,3,6,11H2,1-2H3,(H,29,30)(H,31,33,34,35). The lowest BCUT2D eigenvalue weighted by atomic mass is 10.0. The lowest BCUT2D eigenvalue weighted by molar-refractivity contribution is -0.141. The van der Waals surface area contributed by atoms with Crippen LogP contribution in [0.15, 0.2) is 36.9 Å². The number of halogens is 4. The van der Waals surface area contributed by atoms with Crippen LogP contribution in [0, 0.1) is 0 Å². The quantitative estimate of drug-likeness (QED) is 0.291. The molecule has 0 bridgehead atoms. The molecule has 39 heavy (non-hydrogen) atoms. The molecule has 202 valence electrons. The molecule has 5 aromatic heterocycles. The number of nitrogens with one attached hydrogen (secondary N) is 2. The third kappa shape index (κ3) is 4.55. The zero-order valence-corrected chi connectivity index (χ0v) is 21.4. The van der Waals surface area contributed by atoms with Crippen molar-refractivity contribution in [2.75, 3.05) is 30.9 Å². The van der Waals surface area contributed by atoms with Crippen molar-refractivity contribution in [2.45, 2.75) is 18.5 Å². The van der Waals surface area contributed by atoms with Gasteiger partial charge in [-0.15, -0.1) is 0 Å². The van der Waals surface area contributed by atoms with Crippen LogP contribution in [0.3, 0.4) is 0 Å². The first-order chi connectivity index (χ1) is 18.7. The lowest BCUT2D eigenvalue weighted by Crippen LogP contribution is -2.13. The van der Waals surface area contributed by atoms with Gasteiger partial charge in [-0.3, -0.25) is 0 Å². The molecule has 11 nitrogen and oxygen atoms in total. The summed E-state index contributed by atoms with van der Waals surface area (Å²) in [6.07, 6.45) is 2.22. The molecule has 1 unspecified atom stereocenters. The highest BCUT2D eigenvalue weighted by molar-refractivity contribution is 6.36. The molecular weight excluding hydrogens is 539 g/mol. The zero-order valence-electron chi connectivity index (χ0n) is 20.6. The lowest BCUT2D eigenvalue weighted by Gasteiger charge is -2.15. The van der Waals surface area contributed by atoms with E-state index < -0.39 is 11.9 Å². The minimum atomic E-state index is -4.61. The molecule has 1 atom stereocenters. The van der Waals surface area contributed by atoms with E-state index in [2.05, 4.69) is 35.7 Å². The number of aryl methyl sites for hydroxylation is 1. The molecule has 2 N–H and O–H groups in total. The molecule has 1 saturated heterocycles. The van der Waals surface area contributed by atoms with Crippen molar-refractivity contribution in [2.24, 2.45) is 7.05 Å².